The summed E-state index contributed by atoms with van der Waals surface area (Å²) in [5.41, 5.74) is 22.3. The van der Waals surface area contributed by atoms with E-state index in [1.165, 1.54) is 89.0 Å². The van der Waals surface area contributed by atoms with Crippen LogP contribution in [0.25, 0.3) is 44.5 Å². The van der Waals surface area contributed by atoms with Crippen molar-refractivity contribution >= 4 is 17.1 Å². The van der Waals surface area contributed by atoms with Crippen molar-refractivity contribution in [1.29, 1.82) is 0 Å². The van der Waals surface area contributed by atoms with Crippen LogP contribution in [-0.4, -0.2) is 0 Å². The molecule has 0 spiro atoms. The third-order valence-electron chi connectivity index (χ3n) is 14.8. The van der Waals surface area contributed by atoms with E-state index in [1.54, 1.807) is 0 Å². The fourth-order valence-corrected chi connectivity index (χ4v) is 12.0. The van der Waals surface area contributed by atoms with E-state index in [-0.39, 0.29) is 0 Å². The molecule has 0 amide bonds. The summed E-state index contributed by atoms with van der Waals surface area (Å²) in [6.45, 7) is 0. The second-order valence-corrected chi connectivity index (χ2v) is 18.3. The number of hydrogen-bond acceptors (Lipinski definition) is 1. The molecule has 11 aromatic carbocycles. The highest BCUT2D eigenvalue weighted by Crippen LogP contribution is 2.59. The van der Waals surface area contributed by atoms with Gasteiger partial charge in [-0.1, -0.05) is 249 Å². The van der Waals surface area contributed by atoms with Gasteiger partial charge in [-0.05, 0) is 125 Å². The lowest BCUT2D eigenvalue weighted by Gasteiger charge is -2.35. The average Bonchev–Trinajstić information content (AvgIpc) is 3.90. The summed E-state index contributed by atoms with van der Waals surface area (Å²) in [6.07, 6.45) is 0. The fourth-order valence-electron chi connectivity index (χ4n) is 12.0. The minimum absolute atomic E-state index is 0.490. The van der Waals surface area contributed by atoms with Crippen molar-refractivity contribution in [2.75, 3.05) is 4.90 Å². The lowest BCUT2D eigenvalue weighted by molar-refractivity contribution is 0.768. The number of hydrogen-bond donors (Lipinski definition) is 0. The van der Waals surface area contributed by atoms with Crippen LogP contribution in [0.1, 0.15) is 44.5 Å². The molecule has 0 unspecified atom stereocenters. The molecule has 2 aliphatic carbocycles. The third kappa shape index (κ3) is 6.24. The molecule has 0 radical (unpaired) electrons. The van der Waals surface area contributed by atoms with Crippen LogP contribution >= 0.6 is 0 Å². The fraction of sp³-hybridized carbons (Fsp3) is 0.0294. The van der Waals surface area contributed by atoms with Gasteiger partial charge in [-0.15, -0.1) is 0 Å². The molecule has 0 N–H and O–H groups in total. The highest BCUT2D eigenvalue weighted by Gasteiger charge is 2.48. The SMILES string of the molecule is c1ccc(-c2ccccc2-c2ccc(N(c3ccc4c(c3)-c3ccccc3C4(c3ccccc3)c3ccccc3)c3ccc4c(c3)C(c3ccccc3)(c3ccccc3)c3ccccc3-4)cc2)cc1. The lowest BCUT2D eigenvalue weighted by Crippen LogP contribution is -2.28. The Labute approximate surface area is 404 Å². The van der Waals surface area contributed by atoms with Gasteiger partial charge >= 0.3 is 0 Å². The Morgan fingerprint density at radius 3 is 1.04 bits per heavy atom. The van der Waals surface area contributed by atoms with Gasteiger partial charge in [0.25, 0.3) is 0 Å². The van der Waals surface area contributed by atoms with Crippen LogP contribution in [0.2, 0.25) is 0 Å². The van der Waals surface area contributed by atoms with Gasteiger partial charge in [-0.2, -0.15) is 0 Å². The molecule has 2 aliphatic rings. The molecule has 1 nitrogen and oxygen atoms in total. The van der Waals surface area contributed by atoms with Crippen molar-refractivity contribution < 1.29 is 0 Å². The first-order valence-electron chi connectivity index (χ1n) is 24.0. The highest BCUT2D eigenvalue weighted by molar-refractivity contribution is 5.93. The van der Waals surface area contributed by atoms with E-state index < -0.39 is 10.8 Å². The van der Waals surface area contributed by atoms with Gasteiger partial charge in [0.05, 0.1) is 10.8 Å². The molecule has 1 heteroatoms. The van der Waals surface area contributed by atoms with Gasteiger partial charge in [0.15, 0.2) is 0 Å². The van der Waals surface area contributed by atoms with Gasteiger partial charge in [-0.3, -0.25) is 0 Å². The van der Waals surface area contributed by atoms with Crippen molar-refractivity contribution in [3.63, 3.8) is 0 Å². The number of fused-ring (bicyclic) bond motifs is 6. The Hall–Kier alpha value is -8.78. The molecule has 11 aromatic rings. The van der Waals surface area contributed by atoms with Crippen molar-refractivity contribution in [2.24, 2.45) is 0 Å². The van der Waals surface area contributed by atoms with Gasteiger partial charge in [-0.25, -0.2) is 0 Å². The quantitative estimate of drug-likeness (QED) is 0.140. The molecule has 0 fully saturated rings. The summed E-state index contributed by atoms with van der Waals surface area (Å²) >= 11 is 0. The number of anilines is 3. The maximum Gasteiger partial charge on any atom is 0.0714 e. The van der Waals surface area contributed by atoms with Gasteiger partial charge in [0, 0.05) is 17.1 Å². The first kappa shape index (κ1) is 40.5. The first-order chi connectivity index (χ1) is 34.2. The monoisotopic (exact) mass is 877 g/mol. The van der Waals surface area contributed by atoms with Crippen molar-refractivity contribution in [3.8, 4) is 44.5 Å². The molecule has 324 valence electrons. The van der Waals surface area contributed by atoms with Crippen LogP contribution < -0.4 is 4.90 Å². The molecule has 0 saturated heterocycles. The Balaban J connectivity index is 1.05. The predicted molar refractivity (Wildman–Crippen MR) is 287 cm³/mol. The largest absolute Gasteiger partial charge is 0.310 e. The highest BCUT2D eigenvalue weighted by atomic mass is 15.1. The molecule has 0 saturated carbocycles. The van der Waals surface area contributed by atoms with E-state index in [4.69, 9.17) is 0 Å². The molecular weight excluding hydrogens is 831 g/mol. The third-order valence-corrected chi connectivity index (χ3v) is 14.8. The molecule has 0 aromatic heterocycles. The second kappa shape index (κ2) is 16.5. The average molecular weight is 878 g/mol. The van der Waals surface area contributed by atoms with Crippen LogP contribution in [0.4, 0.5) is 17.1 Å². The summed E-state index contributed by atoms with van der Waals surface area (Å²) in [4.78, 5) is 2.48. The minimum Gasteiger partial charge on any atom is -0.310 e. The number of rotatable bonds is 9. The summed E-state index contributed by atoms with van der Waals surface area (Å²) < 4.78 is 0. The Kier molecular flexibility index (Phi) is 9.70. The predicted octanol–water partition coefficient (Wildman–Crippen LogP) is 17.2. The second-order valence-electron chi connectivity index (χ2n) is 18.3. The van der Waals surface area contributed by atoms with E-state index in [2.05, 4.69) is 290 Å². The Bertz CT molecular complexity index is 3560. The molecule has 13 rings (SSSR count). The van der Waals surface area contributed by atoms with Crippen LogP contribution in [0.5, 0.6) is 0 Å². The van der Waals surface area contributed by atoms with Crippen LogP contribution in [0.15, 0.2) is 285 Å². The minimum atomic E-state index is -0.539. The zero-order chi connectivity index (χ0) is 45.8. The first-order valence-corrected chi connectivity index (χ1v) is 24.0. The standard InChI is InChI=1S/C68H47N/c1-6-22-48(23-7-1)57-32-16-17-33-58(57)49-38-40-54(41-39-49)69(55-43-45-65-62(46-55)60-35-19-21-37-64(60)67(65,50-24-8-2-9-25-50)51-26-10-3-11-27-51)56-42-44-61-59-34-18-20-36-63(59)68(66(61)47-56,52-28-12-4-13-29-52)53-30-14-5-15-31-53/h1-47H. The molecular formula is C68H47N. The lowest BCUT2D eigenvalue weighted by atomic mass is 9.67. The zero-order valence-electron chi connectivity index (χ0n) is 38.1. The summed E-state index contributed by atoms with van der Waals surface area (Å²) in [5, 5.41) is 0. The summed E-state index contributed by atoms with van der Waals surface area (Å²) in [5.74, 6) is 0. The van der Waals surface area contributed by atoms with E-state index in [0.29, 0.717) is 0 Å². The van der Waals surface area contributed by atoms with E-state index in [9.17, 15) is 0 Å². The molecule has 0 heterocycles. The van der Waals surface area contributed by atoms with Crippen molar-refractivity contribution in [3.05, 3.63) is 330 Å². The summed E-state index contributed by atoms with van der Waals surface area (Å²) in [7, 11) is 0. The smallest absolute Gasteiger partial charge is 0.0714 e. The van der Waals surface area contributed by atoms with Crippen LogP contribution in [0.3, 0.4) is 0 Å². The topological polar surface area (TPSA) is 3.24 Å². The van der Waals surface area contributed by atoms with E-state index in [0.717, 1.165) is 17.1 Å². The van der Waals surface area contributed by atoms with Crippen LogP contribution in [-0.2, 0) is 10.8 Å². The zero-order valence-corrected chi connectivity index (χ0v) is 38.1. The number of nitrogens with zero attached hydrogens (tertiary/aromatic N) is 1. The van der Waals surface area contributed by atoms with E-state index in [1.807, 2.05) is 0 Å². The molecule has 0 aliphatic heterocycles. The molecule has 0 bridgehead atoms. The van der Waals surface area contributed by atoms with E-state index >= 15 is 0 Å². The molecule has 0 atom stereocenters. The van der Waals surface area contributed by atoms with Crippen molar-refractivity contribution in [1.82, 2.24) is 0 Å². The van der Waals surface area contributed by atoms with Gasteiger partial charge in [0.2, 0.25) is 0 Å². The van der Waals surface area contributed by atoms with Gasteiger partial charge in [0.1, 0.15) is 0 Å². The van der Waals surface area contributed by atoms with Crippen LogP contribution in [0, 0.1) is 0 Å². The maximum atomic E-state index is 2.48. The van der Waals surface area contributed by atoms with Gasteiger partial charge < -0.3 is 4.90 Å². The maximum absolute atomic E-state index is 2.48. The Morgan fingerprint density at radius 1 is 0.203 bits per heavy atom. The normalized spacial score (nSPS) is 13.4. The Morgan fingerprint density at radius 2 is 0.536 bits per heavy atom. The van der Waals surface area contributed by atoms with Crippen molar-refractivity contribution in [2.45, 2.75) is 10.8 Å². The summed E-state index contributed by atoms with van der Waals surface area (Å²) in [6, 6.07) is 105. The molecule has 69 heavy (non-hydrogen) atoms. The number of benzene rings is 11.